The van der Waals surface area contributed by atoms with Crippen LogP contribution in [0, 0.1) is 31.6 Å². The average Bonchev–Trinajstić information content (AvgIpc) is 3.53. The molecule has 20 nitrogen and oxygen atoms in total. The van der Waals surface area contributed by atoms with Crippen molar-refractivity contribution in [1.82, 2.24) is 29.5 Å². The van der Waals surface area contributed by atoms with Gasteiger partial charge in [0.2, 0.25) is 0 Å². The number of nitrogens with one attached hydrogen (secondary N) is 3. The lowest BCUT2D eigenvalue weighted by molar-refractivity contribution is -0.385. The highest BCUT2D eigenvalue weighted by atomic mass is 127. The summed E-state index contributed by atoms with van der Waals surface area (Å²) in [6, 6.07) is 8.45. The summed E-state index contributed by atoms with van der Waals surface area (Å²) in [4.78, 5) is 49.8. The molecule has 0 saturated carbocycles. The van der Waals surface area contributed by atoms with Crippen molar-refractivity contribution in [1.29, 1.82) is 5.26 Å². The van der Waals surface area contributed by atoms with E-state index < -0.39 is 9.85 Å². The lowest BCUT2D eigenvalue weighted by Crippen LogP contribution is -2.31. The largest absolute Gasteiger partial charge is 0.400 e. The van der Waals surface area contributed by atoms with Crippen molar-refractivity contribution < 1.29 is 21.4 Å². The second kappa shape index (κ2) is 35.7. The quantitative estimate of drug-likeness (QED) is 0.0381. The second-order valence-corrected chi connectivity index (χ2v) is 17.1. The Labute approximate surface area is 410 Å². The zero-order valence-electron chi connectivity index (χ0n) is 41.3. The number of hydrogen-bond donors (Lipinski definition) is 7. The average molecular weight is 1060 g/mol. The number of halogens is 2. The van der Waals surface area contributed by atoms with Gasteiger partial charge in [-0.2, -0.15) is 5.26 Å². The number of H-pyrrole nitrogens is 1. The van der Waals surface area contributed by atoms with Crippen LogP contribution in [0.15, 0.2) is 78.6 Å². The summed E-state index contributed by atoms with van der Waals surface area (Å²) < 4.78 is 7.94. The minimum Gasteiger partial charge on any atom is -0.400 e. The Morgan fingerprint density at radius 2 is 1.18 bits per heavy atom. The van der Waals surface area contributed by atoms with Crippen LogP contribution >= 0.6 is 34.2 Å². The van der Waals surface area contributed by atoms with E-state index in [0.29, 0.717) is 16.3 Å². The summed E-state index contributed by atoms with van der Waals surface area (Å²) in [5.74, 6) is 0. The van der Waals surface area contributed by atoms with Gasteiger partial charge >= 0.3 is 17.1 Å². The Morgan fingerprint density at radius 3 is 1.55 bits per heavy atom. The molecule has 0 amide bonds. The van der Waals surface area contributed by atoms with Crippen LogP contribution in [0.2, 0.25) is 5.02 Å². The second-order valence-electron chi connectivity index (χ2n) is 16.7. The Balaban J connectivity index is -0.000000230. The molecule has 5 rings (SSSR count). The molecule has 5 aromatic heterocycles. The van der Waals surface area contributed by atoms with E-state index in [1.54, 1.807) is 48.4 Å². The lowest BCUT2D eigenvalue weighted by atomic mass is 10.1. The first-order valence-corrected chi connectivity index (χ1v) is 21.4. The first kappa shape index (κ1) is 67.1. The van der Waals surface area contributed by atoms with E-state index in [0.717, 1.165) is 30.0 Å². The number of nitrogens with zero attached hydrogens (tertiary/aromatic N) is 8. The predicted molar refractivity (Wildman–Crippen MR) is 280 cm³/mol. The summed E-state index contributed by atoms with van der Waals surface area (Å²) in [5, 5.41) is 49.1. The zero-order valence-corrected chi connectivity index (χ0v) is 43.2. The number of anilines is 3. The number of nitrogens with two attached hydrogens (primary N) is 2. The molecular formula is C44H75ClIN13O7. The molecule has 22 heteroatoms. The van der Waals surface area contributed by atoms with E-state index >= 15 is 0 Å². The van der Waals surface area contributed by atoms with Gasteiger partial charge in [-0.3, -0.25) is 44.7 Å². The standard InChI is InChI=1S/C10H13N3O.C9H13N3O2.C9H15N3.C5H3ClN2O2.C4H11N.C2H3N.C2H6O.CH3I.CH4O.CH4/c1-10(2,3)13-8-4-5-11-6-7(8)12-9(13)14;1-9(2,3)11-7-4-5-10-6-8(7)12(13)14;1-9(2,3)12-8-4-5-11-6-7(8)10;6-4-1-2-7-3-5(4)8(9)10;1-4(2,3)5;2*1-2-3;2*1-2;/h4-6H,1-3H3,(H,12,14);4-6H,1-3H3,(H,10,11);4-6H,10H2,1-3H3,(H,11,12);1-3H;5H2,1-3H3;1H3;3H,2H2,1H3;1H3;2H,1H3;1H4/i;;;;;;;1D;;. The summed E-state index contributed by atoms with van der Waals surface area (Å²) in [6.45, 7) is 27.4. The number of aliphatic hydroxyl groups excluding tert-OH is 2. The minimum absolute atomic E-state index is 0. The summed E-state index contributed by atoms with van der Waals surface area (Å²) >= 11 is 7.39. The van der Waals surface area contributed by atoms with Crippen molar-refractivity contribution in [2.24, 2.45) is 5.73 Å². The molecule has 0 radical (unpaired) electrons. The van der Waals surface area contributed by atoms with E-state index in [4.69, 9.17) is 39.9 Å². The number of nitrogen functional groups attached to an aromatic ring is 1. The molecule has 0 spiro atoms. The van der Waals surface area contributed by atoms with Gasteiger partial charge < -0.3 is 37.3 Å². The SMILES string of the molecule is C.CC#N.CC(C)(C)N.CC(C)(C)Nc1ccncc1N.CC(C)(C)Nc1ccncc1[N+](=O)[O-].CC(C)(C)n1c(=O)[nH]c2cnccc21.CCO.CO.O=[N+]([O-])c1cnccc1Cl.[2H]CI. The molecule has 0 bridgehead atoms. The van der Waals surface area contributed by atoms with Crippen LogP contribution in [0.3, 0.4) is 0 Å². The molecule has 0 unspecified atom stereocenters. The monoisotopic (exact) mass is 1060 g/mol. The predicted octanol–water partition coefficient (Wildman–Crippen LogP) is 9.77. The third kappa shape index (κ3) is 34.8. The summed E-state index contributed by atoms with van der Waals surface area (Å²) in [6.07, 6.45) is 12.0. The summed E-state index contributed by atoms with van der Waals surface area (Å²) in [7, 11) is 1.00. The van der Waals surface area contributed by atoms with Gasteiger partial charge in [-0.1, -0.05) is 41.6 Å². The topological polar surface area (TPSA) is 316 Å². The molecule has 0 atom stereocenters. The molecule has 0 aliphatic rings. The van der Waals surface area contributed by atoms with Crippen LogP contribution in [0.1, 0.15) is 106 Å². The molecule has 5 aromatic rings. The molecule has 5 heterocycles. The summed E-state index contributed by atoms with van der Waals surface area (Å²) in [5.41, 5.74) is 14.2. The number of pyridine rings is 4. The highest BCUT2D eigenvalue weighted by Crippen LogP contribution is 2.25. The number of aromatic nitrogens is 6. The molecule has 0 aromatic carbocycles. The Hall–Kier alpha value is -5.54. The zero-order chi connectivity index (χ0) is 52.5. The van der Waals surface area contributed by atoms with Gasteiger partial charge in [-0.05, 0) is 119 Å². The number of nitriles is 1. The Morgan fingerprint density at radius 1 is 0.833 bits per heavy atom. The molecule has 0 fully saturated rings. The van der Waals surface area contributed by atoms with Gasteiger partial charge in [0.05, 0.1) is 50.7 Å². The minimum atomic E-state index is -0.574. The van der Waals surface area contributed by atoms with Crippen molar-refractivity contribution in [2.45, 2.75) is 127 Å². The van der Waals surface area contributed by atoms with Crippen LogP contribution in [-0.4, -0.2) is 84.8 Å². The first-order chi connectivity index (χ1) is 30.3. The third-order valence-electron chi connectivity index (χ3n) is 5.97. The highest BCUT2D eigenvalue weighted by molar-refractivity contribution is 14.1. The van der Waals surface area contributed by atoms with E-state index in [1.165, 1.54) is 31.6 Å². The number of fused-ring (bicyclic) bond motifs is 1. The lowest BCUT2D eigenvalue weighted by Gasteiger charge is -2.22. The maximum absolute atomic E-state index is 11.7. The number of rotatable bonds is 4. The number of nitro groups is 2. The molecule has 66 heavy (non-hydrogen) atoms. The molecule has 0 saturated heterocycles. The fourth-order valence-corrected chi connectivity index (χ4v) is 4.27. The van der Waals surface area contributed by atoms with E-state index in [-0.39, 0.29) is 58.3 Å². The number of aromatic amines is 1. The van der Waals surface area contributed by atoms with Crippen LogP contribution in [0.25, 0.3) is 11.0 Å². The van der Waals surface area contributed by atoms with Gasteiger partial charge in [-0.15, -0.1) is 0 Å². The fraction of sp³-hybridized carbons (Fsp3) is 0.500. The molecule has 0 aliphatic heterocycles. The number of hydrogen-bond acceptors (Lipinski definition) is 16. The van der Waals surface area contributed by atoms with Crippen LogP contribution in [-0.2, 0) is 5.54 Å². The molecule has 0 aliphatic carbocycles. The number of imidazole rings is 1. The molecular weight excluding hydrogens is 985 g/mol. The van der Waals surface area contributed by atoms with E-state index in [9.17, 15) is 25.0 Å². The van der Waals surface area contributed by atoms with Crippen LogP contribution < -0.4 is 27.8 Å². The highest BCUT2D eigenvalue weighted by Gasteiger charge is 2.19. The van der Waals surface area contributed by atoms with Gasteiger partial charge in [0, 0.05) is 69.0 Å². The normalized spacial score (nSPS) is 10.1. The van der Waals surface area contributed by atoms with Crippen LogP contribution in [0.4, 0.5) is 28.4 Å². The number of aliphatic hydroxyl groups is 2. The van der Waals surface area contributed by atoms with E-state index in [1.807, 2.05) is 97.0 Å². The first-order valence-electron chi connectivity index (χ1n) is 20.2. The van der Waals surface area contributed by atoms with Crippen molar-refractivity contribution in [2.75, 3.05) is 35.0 Å². The van der Waals surface area contributed by atoms with Gasteiger partial charge in [0.1, 0.15) is 23.1 Å². The Bertz CT molecular complexity index is 2190. The smallest absolute Gasteiger partial charge is 0.326 e. The molecule has 9 N–H and O–H groups in total. The van der Waals surface area contributed by atoms with Gasteiger partial charge in [-0.25, -0.2) is 4.79 Å². The maximum atomic E-state index is 11.7. The van der Waals surface area contributed by atoms with Gasteiger partial charge in [0.25, 0.3) is 0 Å². The Kier molecular flexibility index (Phi) is 36.3. The number of alkyl halides is 1. The van der Waals surface area contributed by atoms with Crippen LogP contribution in [0.5, 0.6) is 0 Å². The molecule has 372 valence electrons. The van der Waals surface area contributed by atoms with Crippen molar-refractivity contribution in [3.8, 4) is 6.07 Å². The van der Waals surface area contributed by atoms with Crippen molar-refractivity contribution in [3.05, 3.63) is 110 Å². The van der Waals surface area contributed by atoms with Crippen molar-refractivity contribution >= 4 is 73.7 Å². The van der Waals surface area contributed by atoms with E-state index in [2.05, 4.69) is 56.3 Å². The van der Waals surface area contributed by atoms with Crippen molar-refractivity contribution in [3.63, 3.8) is 0 Å². The van der Waals surface area contributed by atoms with Gasteiger partial charge in [0.15, 0.2) is 0 Å². The third-order valence-corrected chi connectivity index (χ3v) is 6.29. The fourth-order valence-electron chi connectivity index (χ4n) is 4.09. The maximum Gasteiger partial charge on any atom is 0.326 e.